The van der Waals surface area contributed by atoms with Crippen LogP contribution in [-0.4, -0.2) is 16.8 Å². The molecule has 0 saturated heterocycles. The third-order valence-corrected chi connectivity index (χ3v) is 6.69. The van der Waals surface area contributed by atoms with Crippen LogP contribution in [0.5, 0.6) is 0 Å². The molecule has 1 aromatic heterocycles. The molecular formula is C26H23N3O2S. The molecule has 0 bridgehead atoms. The van der Waals surface area contributed by atoms with Crippen molar-refractivity contribution in [3.8, 4) is 10.6 Å². The second-order valence-corrected chi connectivity index (χ2v) is 9.22. The smallest absolute Gasteiger partial charge is 0.228 e. The number of nitrogens with one attached hydrogen (secondary N) is 2. The molecule has 5 rings (SSSR count). The Hall–Kier alpha value is -3.51. The van der Waals surface area contributed by atoms with Gasteiger partial charge in [-0.1, -0.05) is 18.2 Å². The number of benzene rings is 3. The van der Waals surface area contributed by atoms with Crippen molar-refractivity contribution in [2.45, 2.75) is 32.6 Å². The first-order chi connectivity index (χ1) is 15.5. The van der Waals surface area contributed by atoms with Crippen LogP contribution in [0.4, 0.5) is 11.4 Å². The second-order valence-electron chi connectivity index (χ2n) is 8.19. The molecule has 0 fully saturated rings. The number of hydrogen-bond acceptors (Lipinski definition) is 4. The van der Waals surface area contributed by atoms with E-state index in [1.165, 1.54) is 10.3 Å². The summed E-state index contributed by atoms with van der Waals surface area (Å²) in [6.07, 6.45) is 2.46. The Balaban J connectivity index is 1.15. The third-order valence-electron chi connectivity index (χ3n) is 5.62. The SMILES string of the molecule is Cc1ccc2nc(-c3ccc(NC(=O)CCCc4ccc5c(c4)CC(=O)N5)cc3)sc2c1. The molecule has 6 heteroatoms. The Kier molecular flexibility index (Phi) is 5.45. The summed E-state index contributed by atoms with van der Waals surface area (Å²) >= 11 is 1.68. The quantitative estimate of drug-likeness (QED) is 0.402. The van der Waals surface area contributed by atoms with Crippen molar-refractivity contribution in [1.82, 2.24) is 4.98 Å². The zero-order valence-corrected chi connectivity index (χ0v) is 18.6. The van der Waals surface area contributed by atoms with E-state index >= 15 is 0 Å². The van der Waals surface area contributed by atoms with Crippen molar-refractivity contribution in [3.63, 3.8) is 0 Å². The van der Waals surface area contributed by atoms with Crippen molar-refractivity contribution >= 4 is 44.7 Å². The number of anilines is 2. The number of aryl methyl sites for hydroxylation is 2. The average Bonchev–Trinajstić information content (AvgIpc) is 3.36. The van der Waals surface area contributed by atoms with E-state index in [1.807, 2.05) is 36.4 Å². The van der Waals surface area contributed by atoms with Gasteiger partial charge in [-0.05, 0) is 78.9 Å². The van der Waals surface area contributed by atoms with E-state index in [9.17, 15) is 9.59 Å². The van der Waals surface area contributed by atoms with Crippen LogP contribution in [0.25, 0.3) is 20.8 Å². The minimum Gasteiger partial charge on any atom is -0.326 e. The van der Waals surface area contributed by atoms with E-state index < -0.39 is 0 Å². The molecule has 0 unspecified atom stereocenters. The van der Waals surface area contributed by atoms with Gasteiger partial charge in [0.15, 0.2) is 0 Å². The highest BCUT2D eigenvalue weighted by atomic mass is 32.1. The summed E-state index contributed by atoms with van der Waals surface area (Å²) in [5.74, 6) is 0.0481. The lowest BCUT2D eigenvalue weighted by atomic mass is 10.0. The molecular weight excluding hydrogens is 418 g/mol. The molecule has 1 aliphatic rings. The molecule has 3 aromatic carbocycles. The maximum absolute atomic E-state index is 12.4. The van der Waals surface area contributed by atoms with E-state index in [2.05, 4.69) is 41.8 Å². The van der Waals surface area contributed by atoms with Gasteiger partial charge in [0.2, 0.25) is 11.8 Å². The number of hydrogen-bond donors (Lipinski definition) is 2. The fourth-order valence-electron chi connectivity index (χ4n) is 3.97. The normalized spacial score (nSPS) is 12.6. The monoisotopic (exact) mass is 441 g/mol. The molecule has 4 aromatic rings. The fourth-order valence-corrected chi connectivity index (χ4v) is 5.04. The van der Waals surface area contributed by atoms with Gasteiger partial charge < -0.3 is 10.6 Å². The Morgan fingerprint density at radius 1 is 1.09 bits per heavy atom. The van der Waals surface area contributed by atoms with Crippen molar-refractivity contribution in [3.05, 3.63) is 77.4 Å². The van der Waals surface area contributed by atoms with Gasteiger partial charge in [-0.3, -0.25) is 9.59 Å². The van der Waals surface area contributed by atoms with Crippen LogP contribution in [0.3, 0.4) is 0 Å². The highest BCUT2D eigenvalue weighted by Crippen LogP contribution is 2.31. The van der Waals surface area contributed by atoms with Gasteiger partial charge >= 0.3 is 0 Å². The first kappa shape index (κ1) is 20.4. The third kappa shape index (κ3) is 4.41. The van der Waals surface area contributed by atoms with E-state index in [-0.39, 0.29) is 11.8 Å². The number of carbonyl (C=O) groups is 2. The zero-order valence-electron chi connectivity index (χ0n) is 17.8. The van der Waals surface area contributed by atoms with E-state index in [0.717, 1.165) is 51.4 Å². The summed E-state index contributed by atoms with van der Waals surface area (Å²) in [4.78, 5) is 28.6. The number of aromatic nitrogens is 1. The Bertz CT molecular complexity index is 1320. The van der Waals surface area contributed by atoms with Crippen LogP contribution >= 0.6 is 11.3 Å². The summed E-state index contributed by atoms with van der Waals surface area (Å²) in [5, 5.41) is 6.80. The number of carbonyl (C=O) groups excluding carboxylic acids is 2. The molecule has 0 aliphatic carbocycles. The number of rotatable bonds is 6. The summed E-state index contributed by atoms with van der Waals surface area (Å²) in [7, 11) is 0. The number of nitrogens with zero attached hydrogens (tertiary/aromatic N) is 1. The molecule has 0 spiro atoms. The second kappa shape index (κ2) is 8.55. The zero-order chi connectivity index (χ0) is 22.1. The summed E-state index contributed by atoms with van der Waals surface area (Å²) < 4.78 is 1.18. The van der Waals surface area contributed by atoms with Crippen LogP contribution in [-0.2, 0) is 22.4 Å². The van der Waals surface area contributed by atoms with E-state index in [0.29, 0.717) is 12.8 Å². The predicted octanol–water partition coefficient (Wildman–Crippen LogP) is 5.73. The molecule has 2 heterocycles. The lowest BCUT2D eigenvalue weighted by molar-refractivity contribution is -0.116. The Morgan fingerprint density at radius 3 is 2.78 bits per heavy atom. The van der Waals surface area contributed by atoms with Crippen molar-refractivity contribution < 1.29 is 9.59 Å². The minimum absolute atomic E-state index is 0.00576. The van der Waals surface area contributed by atoms with Crippen molar-refractivity contribution in [1.29, 1.82) is 0 Å². The van der Waals surface area contributed by atoms with Crippen molar-refractivity contribution in [2.75, 3.05) is 10.6 Å². The molecule has 1 aliphatic heterocycles. The van der Waals surface area contributed by atoms with E-state index in [1.54, 1.807) is 11.3 Å². The first-order valence-electron chi connectivity index (χ1n) is 10.7. The van der Waals surface area contributed by atoms with Gasteiger partial charge in [-0.15, -0.1) is 11.3 Å². The fraction of sp³-hybridized carbons (Fsp3) is 0.192. The van der Waals surface area contributed by atoms with Crippen LogP contribution in [0.15, 0.2) is 60.7 Å². The molecule has 0 atom stereocenters. The lowest BCUT2D eigenvalue weighted by Crippen LogP contribution is -2.11. The highest BCUT2D eigenvalue weighted by molar-refractivity contribution is 7.21. The van der Waals surface area contributed by atoms with Gasteiger partial charge in [-0.2, -0.15) is 0 Å². The van der Waals surface area contributed by atoms with Crippen LogP contribution in [0.1, 0.15) is 29.5 Å². The maximum atomic E-state index is 12.4. The number of fused-ring (bicyclic) bond motifs is 2. The highest BCUT2D eigenvalue weighted by Gasteiger charge is 2.17. The summed E-state index contributed by atoms with van der Waals surface area (Å²) in [6, 6.07) is 20.2. The van der Waals surface area contributed by atoms with Gasteiger partial charge in [0.05, 0.1) is 16.6 Å². The average molecular weight is 442 g/mol. The summed E-state index contributed by atoms with van der Waals surface area (Å²) in [5.41, 5.74) is 7.18. The minimum atomic E-state index is 0.00576. The maximum Gasteiger partial charge on any atom is 0.228 e. The topological polar surface area (TPSA) is 71.1 Å². The van der Waals surface area contributed by atoms with Crippen LogP contribution in [0, 0.1) is 6.92 Å². The van der Waals surface area contributed by atoms with Crippen LogP contribution in [0.2, 0.25) is 0 Å². The number of thiazole rings is 1. The van der Waals surface area contributed by atoms with Crippen molar-refractivity contribution in [2.24, 2.45) is 0 Å². The Morgan fingerprint density at radius 2 is 1.94 bits per heavy atom. The summed E-state index contributed by atoms with van der Waals surface area (Å²) in [6.45, 7) is 2.08. The molecule has 160 valence electrons. The molecule has 2 N–H and O–H groups in total. The first-order valence-corrected chi connectivity index (χ1v) is 11.5. The number of amides is 2. The Labute approximate surface area is 190 Å². The molecule has 2 amide bonds. The molecule has 5 nitrogen and oxygen atoms in total. The lowest BCUT2D eigenvalue weighted by Gasteiger charge is -2.07. The standard InChI is InChI=1S/C26H23N3O2S/c1-16-5-11-22-23(13-16)32-26(29-22)18-7-9-20(10-8-18)27-24(30)4-2-3-17-6-12-21-19(14-17)15-25(31)28-21/h5-14H,2-4,15H2,1H3,(H,27,30)(H,28,31). The van der Waals surface area contributed by atoms with Crippen LogP contribution < -0.4 is 10.6 Å². The van der Waals surface area contributed by atoms with Gasteiger partial charge in [0.1, 0.15) is 5.01 Å². The molecule has 32 heavy (non-hydrogen) atoms. The largest absolute Gasteiger partial charge is 0.326 e. The molecule has 0 radical (unpaired) electrons. The predicted molar refractivity (Wildman–Crippen MR) is 130 cm³/mol. The molecule has 0 saturated carbocycles. The van der Waals surface area contributed by atoms with Gasteiger partial charge in [0, 0.05) is 23.4 Å². The van der Waals surface area contributed by atoms with Gasteiger partial charge in [-0.25, -0.2) is 4.98 Å². The van der Waals surface area contributed by atoms with E-state index in [4.69, 9.17) is 4.98 Å². The van der Waals surface area contributed by atoms with Gasteiger partial charge in [0.25, 0.3) is 0 Å².